The van der Waals surface area contributed by atoms with Crippen LogP contribution in [-0.2, 0) is 0 Å². The van der Waals surface area contributed by atoms with E-state index in [0.29, 0.717) is 0 Å². The van der Waals surface area contributed by atoms with E-state index in [2.05, 4.69) is 29.9 Å². The van der Waals surface area contributed by atoms with Crippen molar-refractivity contribution >= 4 is 11.8 Å². The second-order valence-corrected chi connectivity index (χ2v) is 6.30. The maximum Gasteiger partial charge on any atom is 0.0840 e. The first-order valence-electron chi connectivity index (χ1n) is 8.77. The topological polar surface area (TPSA) is 23.5 Å². The zero-order chi connectivity index (χ0) is 17.9. The van der Waals surface area contributed by atoms with Crippen molar-refractivity contribution < 1.29 is 5.11 Å². The van der Waals surface area contributed by atoms with E-state index in [1.165, 1.54) is 5.56 Å². The van der Waals surface area contributed by atoms with Gasteiger partial charge in [0, 0.05) is 18.8 Å². The minimum atomic E-state index is -0.604. The number of likely N-dealkylation sites (tertiary alicyclic amines) is 1. The lowest BCUT2D eigenvalue weighted by atomic mass is 9.84. The van der Waals surface area contributed by atoms with Crippen molar-refractivity contribution in [1.82, 2.24) is 4.90 Å². The van der Waals surface area contributed by atoms with E-state index in [1.54, 1.807) is 11.8 Å². The van der Waals surface area contributed by atoms with Crippen LogP contribution in [0.25, 0.3) is 0 Å². The molecule has 0 aromatic heterocycles. The molecule has 1 aromatic rings. The van der Waals surface area contributed by atoms with Crippen LogP contribution < -0.4 is 0 Å². The molecule has 23 heavy (non-hydrogen) atoms. The van der Waals surface area contributed by atoms with E-state index in [1.807, 2.05) is 52.8 Å². The molecule has 0 radical (unpaired) electrons. The standard InChI is InChI=1S/C16H23NOS.2C2H6/c1-13(2)17-11-9-16(18,10-12-17)15(19-3)14-7-5-4-6-8-14;2*1-2/h4-8,15,18H,1,9-12H2,2-3H3;2*1-2H3. The zero-order valence-electron chi connectivity index (χ0n) is 15.8. The van der Waals surface area contributed by atoms with Crippen LogP contribution in [0.1, 0.15) is 58.3 Å². The van der Waals surface area contributed by atoms with Crippen molar-refractivity contribution in [2.45, 2.75) is 58.3 Å². The Balaban J connectivity index is 0.00000112. The molecule has 1 atom stereocenters. The van der Waals surface area contributed by atoms with Crippen LogP contribution in [-0.4, -0.2) is 35.0 Å². The lowest BCUT2D eigenvalue weighted by Gasteiger charge is -2.43. The molecule has 0 amide bonds. The number of benzene rings is 1. The highest BCUT2D eigenvalue weighted by molar-refractivity contribution is 7.98. The third-order valence-corrected chi connectivity index (χ3v) is 5.18. The Bertz CT molecular complexity index is 425. The van der Waals surface area contributed by atoms with Crippen LogP contribution in [0.3, 0.4) is 0 Å². The van der Waals surface area contributed by atoms with Crippen LogP contribution in [0.15, 0.2) is 42.6 Å². The number of thioether (sulfide) groups is 1. The Morgan fingerprint density at radius 2 is 1.61 bits per heavy atom. The monoisotopic (exact) mass is 337 g/mol. The highest BCUT2D eigenvalue weighted by Gasteiger charge is 2.40. The summed E-state index contributed by atoms with van der Waals surface area (Å²) in [7, 11) is 0. The van der Waals surface area contributed by atoms with Gasteiger partial charge in [0.25, 0.3) is 0 Å². The van der Waals surface area contributed by atoms with E-state index in [4.69, 9.17) is 0 Å². The number of rotatable bonds is 4. The zero-order valence-corrected chi connectivity index (χ0v) is 16.6. The average molecular weight is 338 g/mol. The summed E-state index contributed by atoms with van der Waals surface area (Å²) in [5, 5.41) is 11.2. The van der Waals surface area contributed by atoms with Gasteiger partial charge in [0.05, 0.1) is 10.9 Å². The summed E-state index contributed by atoms with van der Waals surface area (Å²) >= 11 is 1.75. The summed E-state index contributed by atoms with van der Waals surface area (Å²) < 4.78 is 0. The maximum atomic E-state index is 11.0. The predicted molar refractivity (Wildman–Crippen MR) is 106 cm³/mol. The van der Waals surface area contributed by atoms with Gasteiger partial charge >= 0.3 is 0 Å². The van der Waals surface area contributed by atoms with Crippen molar-refractivity contribution in [2.75, 3.05) is 19.3 Å². The maximum absolute atomic E-state index is 11.0. The fourth-order valence-electron chi connectivity index (χ4n) is 2.83. The van der Waals surface area contributed by atoms with Crippen LogP contribution in [0.4, 0.5) is 0 Å². The van der Waals surface area contributed by atoms with E-state index in [9.17, 15) is 5.11 Å². The van der Waals surface area contributed by atoms with Gasteiger partial charge in [-0.25, -0.2) is 0 Å². The molecule has 0 bridgehead atoms. The lowest BCUT2D eigenvalue weighted by molar-refractivity contribution is -0.0156. The van der Waals surface area contributed by atoms with E-state index in [-0.39, 0.29) is 5.25 Å². The number of allylic oxidation sites excluding steroid dienone is 1. The normalized spacial score (nSPS) is 17.1. The van der Waals surface area contributed by atoms with Crippen LogP contribution in [0.2, 0.25) is 0 Å². The molecule has 3 heteroatoms. The molecule has 1 unspecified atom stereocenters. The van der Waals surface area contributed by atoms with E-state index in [0.717, 1.165) is 31.6 Å². The second-order valence-electron chi connectivity index (χ2n) is 5.35. The largest absolute Gasteiger partial charge is 0.388 e. The van der Waals surface area contributed by atoms with Crippen molar-refractivity contribution in [3.63, 3.8) is 0 Å². The molecule has 2 rings (SSSR count). The predicted octanol–water partition coefficient (Wildman–Crippen LogP) is 5.50. The molecule has 132 valence electrons. The number of hydrogen-bond donors (Lipinski definition) is 1. The molecule has 0 aliphatic carbocycles. The third-order valence-electron chi connectivity index (χ3n) is 4.00. The Morgan fingerprint density at radius 3 is 2.00 bits per heavy atom. The lowest BCUT2D eigenvalue weighted by Crippen LogP contribution is -2.46. The number of aliphatic hydroxyl groups is 1. The van der Waals surface area contributed by atoms with Crippen molar-refractivity contribution in [3.05, 3.63) is 48.2 Å². The minimum absolute atomic E-state index is 0.154. The smallest absolute Gasteiger partial charge is 0.0840 e. The molecule has 0 spiro atoms. The third kappa shape index (κ3) is 6.23. The molecule has 1 N–H and O–H groups in total. The fraction of sp³-hybridized carbons (Fsp3) is 0.600. The highest BCUT2D eigenvalue weighted by atomic mass is 32.2. The van der Waals surface area contributed by atoms with Gasteiger partial charge in [-0.2, -0.15) is 11.8 Å². The quantitative estimate of drug-likeness (QED) is 0.784. The van der Waals surface area contributed by atoms with Crippen molar-refractivity contribution in [1.29, 1.82) is 0 Å². The Hall–Kier alpha value is -0.930. The average Bonchev–Trinajstić information content (AvgIpc) is 2.60. The molecule has 1 heterocycles. The summed E-state index contributed by atoms with van der Waals surface area (Å²) in [4.78, 5) is 2.26. The van der Waals surface area contributed by atoms with Crippen molar-refractivity contribution in [3.8, 4) is 0 Å². The number of nitrogens with zero attached hydrogens (tertiary/aromatic N) is 1. The first kappa shape index (κ1) is 22.1. The molecular formula is C20H35NOS. The minimum Gasteiger partial charge on any atom is -0.388 e. The first-order valence-corrected chi connectivity index (χ1v) is 10.1. The molecule has 1 aliphatic rings. The van der Waals surface area contributed by atoms with E-state index < -0.39 is 5.60 Å². The summed E-state index contributed by atoms with van der Waals surface area (Å²) in [5.74, 6) is 0. The van der Waals surface area contributed by atoms with E-state index >= 15 is 0 Å². The van der Waals surface area contributed by atoms with Gasteiger partial charge in [-0.1, -0.05) is 64.6 Å². The Labute approximate surface area is 148 Å². The Kier molecular flexibility index (Phi) is 11.1. The molecule has 1 aliphatic heterocycles. The van der Waals surface area contributed by atoms with Gasteiger partial charge in [0.15, 0.2) is 0 Å². The molecule has 1 aromatic carbocycles. The van der Waals surface area contributed by atoms with Crippen molar-refractivity contribution in [2.24, 2.45) is 0 Å². The van der Waals surface area contributed by atoms with Gasteiger partial charge in [-0.3, -0.25) is 0 Å². The molecule has 1 fully saturated rings. The summed E-state index contributed by atoms with van der Waals surface area (Å²) in [5.41, 5.74) is 1.72. The van der Waals surface area contributed by atoms with Crippen LogP contribution in [0.5, 0.6) is 0 Å². The highest BCUT2D eigenvalue weighted by Crippen LogP contribution is 2.43. The molecule has 2 nitrogen and oxygen atoms in total. The van der Waals surface area contributed by atoms with Crippen LogP contribution >= 0.6 is 11.8 Å². The summed E-state index contributed by atoms with van der Waals surface area (Å²) in [6.07, 6.45) is 3.70. The fourth-order valence-corrected chi connectivity index (χ4v) is 3.94. The molecular weight excluding hydrogens is 302 g/mol. The number of hydrogen-bond acceptors (Lipinski definition) is 3. The van der Waals surface area contributed by atoms with Gasteiger partial charge < -0.3 is 10.0 Å². The van der Waals surface area contributed by atoms with Gasteiger partial charge in [-0.15, -0.1) is 0 Å². The molecule has 0 saturated carbocycles. The SMILES string of the molecule is C=C(C)N1CCC(O)(C(SC)c2ccccc2)CC1.CC.CC. The van der Waals surface area contributed by atoms with Gasteiger partial charge in [0.2, 0.25) is 0 Å². The first-order chi connectivity index (χ1) is 11.1. The summed E-state index contributed by atoms with van der Waals surface area (Å²) in [6.45, 7) is 15.8. The Morgan fingerprint density at radius 1 is 1.13 bits per heavy atom. The van der Waals surface area contributed by atoms with Gasteiger partial charge in [-0.05, 0) is 31.6 Å². The summed E-state index contributed by atoms with van der Waals surface area (Å²) in [6, 6.07) is 10.3. The van der Waals surface area contributed by atoms with Gasteiger partial charge in [0.1, 0.15) is 0 Å². The van der Waals surface area contributed by atoms with Crippen LogP contribution in [0, 0.1) is 0 Å². The number of piperidine rings is 1. The molecule has 1 saturated heterocycles. The second kappa shape index (κ2) is 11.6.